The molecule has 0 atom stereocenters. The number of rotatable bonds is 6. The van der Waals surface area contributed by atoms with Crippen molar-refractivity contribution in [2.45, 2.75) is 20.2 Å². The Morgan fingerprint density at radius 3 is 2.92 bits per heavy atom. The minimum absolute atomic E-state index is 0.190. The zero-order valence-corrected chi connectivity index (χ0v) is 14.7. The van der Waals surface area contributed by atoms with E-state index in [2.05, 4.69) is 15.5 Å². The van der Waals surface area contributed by atoms with Gasteiger partial charge in [-0.05, 0) is 31.2 Å². The van der Waals surface area contributed by atoms with Crippen LogP contribution < -0.4 is 10.1 Å². The Kier molecular flexibility index (Phi) is 5.04. The van der Waals surface area contributed by atoms with Crippen molar-refractivity contribution in [2.24, 2.45) is 7.05 Å². The number of ether oxygens (including phenoxy) is 1. The number of carbonyl (C=O) groups is 1. The number of halogens is 1. The molecule has 2 aromatic heterocycles. The number of hydrogen-bond donors (Lipinski definition) is 1. The van der Waals surface area contributed by atoms with E-state index in [-0.39, 0.29) is 12.6 Å². The second-order valence-electron chi connectivity index (χ2n) is 5.53. The fourth-order valence-corrected chi connectivity index (χ4v) is 2.42. The van der Waals surface area contributed by atoms with Gasteiger partial charge in [0, 0.05) is 36.1 Å². The summed E-state index contributed by atoms with van der Waals surface area (Å²) in [6, 6.07) is 8.75. The lowest BCUT2D eigenvalue weighted by Crippen LogP contribution is -2.24. The van der Waals surface area contributed by atoms with Gasteiger partial charge in [-0.25, -0.2) is 4.68 Å². The molecule has 1 amide bonds. The zero-order chi connectivity index (χ0) is 17.8. The lowest BCUT2D eigenvalue weighted by molar-refractivity contribution is 0.0944. The first kappa shape index (κ1) is 17.0. The number of nitrogens with zero attached hydrogens (tertiary/aromatic N) is 4. The predicted octanol–water partition coefficient (Wildman–Crippen LogP) is 2.54. The number of aryl methyl sites for hydroxylation is 1. The van der Waals surface area contributed by atoms with Gasteiger partial charge in [-0.15, -0.1) is 0 Å². The monoisotopic (exact) mass is 359 g/mol. The second-order valence-corrected chi connectivity index (χ2v) is 5.97. The first-order chi connectivity index (χ1) is 12.0. The normalized spacial score (nSPS) is 10.7. The van der Waals surface area contributed by atoms with E-state index in [1.807, 2.05) is 14.0 Å². The molecule has 0 saturated carbocycles. The standard InChI is InChI=1S/C17H18ClN5O2/c1-12-13(10-20-22(12)2)9-19-17(24)16-6-7-23(21-16)11-25-15-5-3-4-14(18)8-15/h3-8,10H,9,11H2,1-2H3,(H,19,24). The summed E-state index contributed by atoms with van der Waals surface area (Å²) >= 11 is 5.91. The molecule has 130 valence electrons. The van der Waals surface area contributed by atoms with E-state index in [1.54, 1.807) is 52.1 Å². The van der Waals surface area contributed by atoms with Gasteiger partial charge in [0.1, 0.15) is 11.4 Å². The van der Waals surface area contributed by atoms with Crippen molar-refractivity contribution >= 4 is 17.5 Å². The number of carbonyl (C=O) groups excluding carboxylic acids is 1. The Hall–Kier alpha value is -2.80. The highest BCUT2D eigenvalue weighted by atomic mass is 35.5. The zero-order valence-electron chi connectivity index (χ0n) is 13.9. The summed E-state index contributed by atoms with van der Waals surface area (Å²) in [4.78, 5) is 12.2. The van der Waals surface area contributed by atoms with Crippen molar-refractivity contribution in [2.75, 3.05) is 0 Å². The van der Waals surface area contributed by atoms with Crippen LogP contribution in [0.5, 0.6) is 5.75 Å². The molecular formula is C17H18ClN5O2. The van der Waals surface area contributed by atoms with Crippen LogP contribution in [0.15, 0.2) is 42.7 Å². The van der Waals surface area contributed by atoms with Crippen LogP contribution in [0.1, 0.15) is 21.7 Å². The summed E-state index contributed by atoms with van der Waals surface area (Å²) < 4.78 is 8.90. The highest BCUT2D eigenvalue weighted by Crippen LogP contribution is 2.17. The first-order valence-electron chi connectivity index (χ1n) is 7.70. The van der Waals surface area contributed by atoms with Crippen LogP contribution in [-0.4, -0.2) is 25.5 Å². The van der Waals surface area contributed by atoms with Gasteiger partial charge in [-0.3, -0.25) is 9.48 Å². The molecular weight excluding hydrogens is 342 g/mol. The van der Waals surface area contributed by atoms with Gasteiger partial charge < -0.3 is 10.1 Å². The van der Waals surface area contributed by atoms with Crippen LogP contribution in [0.25, 0.3) is 0 Å². The Labute approximate surface area is 150 Å². The van der Waals surface area contributed by atoms with E-state index in [1.165, 1.54) is 0 Å². The lowest BCUT2D eigenvalue weighted by atomic mass is 10.2. The van der Waals surface area contributed by atoms with E-state index >= 15 is 0 Å². The van der Waals surface area contributed by atoms with E-state index in [9.17, 15) is 4.79 Å². The van der Waals surface area contributed by atoms with Gasteiger partial charge in [0.2, 0.25) is 0 Å². The Balaban J connectivity index is 1.55. The maximum atomic E-state index is 12.2. The average Bonchev–Trinajstić information content (AvgIpc) is 3.19. The third kappa shape index (κ3) is 4.19. The molecule has 0 radical (unpaired) electrons. The topological polar surface area (TPSA) is 74.0 Å². The third-order valence-corrected chi connectivity index (χ3v) is 4.04. The molecule has 8 heteroatoms. The fraction of sp³-hybridized carbons (Fsp3) is 0.235. The van der Waals surface area contributed by atoms with Crippen LogP contribution in [0.2, 0.25) is 5.02 Å². The van der Waals surface area contributed by atoms with Gasteiger partial charge in [0.05, 0.1) is 6.20 Å². The number of hydrogen-bond acceptors (Lipinski definition) is 4. The number of benzene rings is 1. The molecule has 0 aliphatic heterocycles. The quantitative estimate of drug-likeness (QED) is 0.734. The molecule has 7 nitrogen and oxygen atoms in total. The Morgan fingerprint density at radius 2 is 2.20 bits per heavy atom. The van der Waals surface area contributed by atoms with Crippen LogP contribution in [0.3, 0.4) is 0 Å². The van der Waals surface area contributed by atoms with Crippen LogP contribution in [0, 0.1) is 6.92 Å². The Bertz CT molecular complexity index is 887. The molecule has 1 N–H and O–H groups in total. The van der Waals surface area contributed by atoms with Crippen molar-refractivity contribution in [1.82, 2.24) is 24.9 Å². The first-order valence-corrected chi connectivity index (χ1v) is 8.08. The fourth-order valence-electron chi connectivity index (χ4n) is 2.24. The van der Waals surface area contributed by atoms with Gasteiger partial charge >= 0.3 is 0 Å². The van der Waals surface area contributed by atoms with Gasteiger partial charge in [0.15, 0.2) is 6.73 Å². The van der Waals surface area contributed by atoms with E-state index < -0.39 is 0 Å². The van der Waals surface area contributed by atoms with E-state index in [4.69, 9.17) is 16.3 Å². The van der Waals surface area contributed by atoms with Crippen molar-refractivity contribution in [1.29, 1.82) is 0 Å². The third-order valence-electron chi connectivity index (χ3n) is 3.81. The SMILES string of the molecule is Cc1c(CNC(=O)c2ccn(COc3cccc(Cl)c3)n2)cnn1C. The number of aromatic nitrogens is 4. The van der Waals surface area contributed by atoms with Crippen LogP contribution in [-0.2, 0) is 20.3 Å². The number of amides is 1. The van der Waals surface area contributed by atoms with Crippen molar-refractivity contribution < 1.29 is 9.53 Å². The maximum Gasteiger partial charge on any atom is 0.272 e. The van der Waals surface area contributed by atoms with E-state index in [0.29, 0.717) is 23.0 Å². The van der Waals surface area contributed by atoms with Crippen LogP contribution >= 0.6 is 11.6 Å². The number of nitrogens with one attached hydrogen (secondary N) is 1. The molecule has 1 aromatic carbocycles. The highest BCUT2D eigenvalue weighted by molar-refractivity contribution is 6.30. The predicted molar refractivity (Wildman–Crippen MR) is 93.4 cm³/mol. The smallest absolute Gasteiger partial charge is 0.272 e. The molecule has 0 unspecified atom stereocenters. The molecule has 3 rings (SSSR count). The Morgan fingerprint density at radius 1 is 1.36 bits per heavy atom. The van der Waals surface area contributed by atoms with Gasteiger partial charge in [-0.2, -0.15) is 10.2 Å². The van der Waals surface area contributed by atoms with Gasteiger partial charge in [-0.1, -0.05) is 17.7 Å². The highest BCUT2D eigenvalue weighted by Gasteiger charge is 2.11. The summed E-state index contributed by atoms with van der Waals surface area (Å²) in [5.41, 5.74) is 2.32. The molecule has 0 aliphatic carbocycles. The largest absolute Gasteiger partial charge is 0.471 e. The molecule has 0 saturated heterocycles. The molecule has 0 aliphatic rings. The summed E-state index contributed by atoms with van der Waals surface area (Å²) in [6.07, 6.45) is 3.43. The van der Waals surface area contributed by atoms with Gasteiger partial charge in [0.25, 0.3) is 5.91 Å². The molecule has 0 bridgehead atoms. The van der Waals surface area contributed by atoms with E-state index in [0.717, 1.165) is 11.3 Å². The lowest BCUT2D eigenvalue weighted by Gasteiger charge is -2.06. The summed E-state index contributed by atoms with van der Waals surface area (Å²) in [5, 5.41) is 11.8. The average molecular weight is 360 g/mol. The molecule has 0 fully saturated rings. The summed E-state index contributed by atoms with van der Waals surface area (Å²) in [6.45, 7) is 2.55. The second kappa shape index (κ2) is 7.40. The minimum atomic E-state index is -0.246. The summed E-state index contributed by atoms with van der Waals surface area (Å²) in [5.74, 6) is 0.394. The molecule has 0 spiro atoms. The summed E-state index contributed by atoms with van der Waals surface area (Å²) in [7, 11) is 1.86. The van der Waals surface area contributed by atoms with Crippen LogP contribution in [0.4, 0.5) is 0 Å². The molecule has 3 aromatic rings. The van der Waals surface area contributed by atoms with Crippen molar-refractivity contribution in [3.05, 3.63) is 64.7 Å². The molecule has 2 heterocycles. The van der Waals surface area contributed by atoms with Crippen molar-refractivity contribution in [3.63, 3.8) is 0 Å². The molecule has 25 heavy (non-hydrogen) atoms. The van der Waals surface area contributed by atoms with Crippen molar-refractivity contribution in [3.8, 4) is 5.75 Å². The minimum Gasteiger partial charge on any atom is -0.471 e. The maximum absolute atomic E-state index is 12.2.